The Morgan fingerprint density at radius 3 is 2.76 bits per heavy atom. The standard InChI is InChI=1S/C12H17FN2O2/c1-8(6-9(2)16)14-12(17)15-11-5-3-4-10(13)7-11/h3-5,7-9,16H,6H2,1-2H3,(H2,14,15,17). The maximum atomic E-state index is 12.8. The fourth-order valence-electron chi connectivity index (χ4n) is 1.53. The van der Waals surface area contributed by atoms with Crippen LogP contribution in [0.1, 0.15) is 20.3 Å². The van der Waals surface area contributed by atoms with Crippen molar-refractivity contribution in [3.63, 3.8) is 0 Å². The molecule has 17 heavy (non-hydrogen) atoms. The van der Waals surface area contributed by atoms with Crippen LogP contribution in [0, 0.1) is 5.82 Å². The van der Waals surface area contributed by atoms with Gasteiger partial charge in [-0.25, -0.2) is 9.18 Å². The van der Waals surface area contributed by atoms with Crippen molar-refractivity contribution in [1.29, 1.82) is 0 Å². The highest BCUT2D eigenvalue weighted by Gasteiger charge is 2.09. The van der Waals surface area contributed by atoms with Gasteiger partial charge < -0.3 is 15.7 Å². The van der Waals surface area contributed by atoms with E-state index in [4.69, 9.17) is 5.11 Å². The van der Waals surface area contributed by atoms with Gasteiger partial charge in [0.05, 0.1) is 6.10 Å². The van der Waals surface area contributed by atoms with Crippen molar-refractivity contribution >= 4 is 11.7 Å². The Morgan fingerprint density at radius 1 is 1.47 bits per heavy atom. The molecule has 0 saturated heterocycles. The first-order valence-corrected chi connectivity index (χ1v) is 5.48. The van der Waals surface area contributed by atoms with Crippen molar-refractivity contribution in [2.75, 3.05) is 5.32 Å². The molecule has 0 aliphatic heterocycles. The minimum Gasteiger partial charge on any atom is -0.393 e. The lowest BCUT2D eigenvalue weighted by Crippen LogP contribution is -2.37. The van der Waals surface area contributed by atoms with Crippen molar-refractivity contribution in [3.8, 4) is 0 Å². The summed E-state index contributed by atoms with van der Waals surface area (Å²) >= 11 is 0. The van der Waals surface area contributed by atoms with Crippen LogP contribution in [0.25, 0.3) is 0 Å². The molecule has 0 fully saturated rings. The third kappa shape index (κ3) is 5.31. The minimum absolute atomic E-state index is 0.149. The van der Waals surface area contributed by atoms with E-state index >= 15 is 0 Å². The lowest BCUT2D eigenvalue weighted by molar-refractivity contribution is 0.171. The van der Waals surface area contributed by atoms with Crippen LogP contribution in [0.3, 0.4) is 0 Å². The summed E-state index contributed by atoms with van der Waals surface area (Å²) in [6.45, 7) is 3.44. The van der Waals surface area contributed by atoms with Gasteiger partial charge in [-0.3, -0.25) is 0 Å². The minimum atomic E-state index is -0.473. The molecule has 4 nitrogen and oxygen atoms in total. The number of aliphatic hydroxyl groups excluding tert-OH is 1. The Bertz CT molecular complexity index is 383. The summed E-state index contributed by atoms with van der Waals surface area (Å²) in [5, 5.41) is 14.3. The molecule has 0 radical (unpaired) electrons. The molecule has 0 saturated carbocycles. The zero-order valence-electron chi connectivity index (χ0n) is 9.90. The second-order valence-corrected chi connectivity index (χ2v) is 4.09. The van der Waals surface area contributed by atoms with Crippen LogP contribution in [-0.4, -0.2) is 23.3 Å². The molecule has 0 heterocycles. The summed E-state index contributed by atoms with van der Waals surface area (Å²) in [4.78, 5) is 11.5. The molecule has 1 aromatic carbocycles. The van der Waals surface area contributed by atoms with Crippen molar-refractivity contribution in [2.45, 2.75) is 32.4 Å². The van der Waals surface area contributed by atoms with Gasteiger partial charge in [-0.15, -0.1) is 0 Å². The Balaban J connectivity index is 2.44. The number of amides is 2. The van der Waals surface area contributed by atoms with E-state index in [0.717, 1.165) is 0 Å². The molecule has 0 aliphatic rings. The van der Waals surface area contributed by atoms with Gasteiger partial charge in [-0.1, -0.05) is 6.07 Å². The van der Waals surface area contributed by atoms with E-state index in [-0.39, 0.29) is 6.04 Å². The predicted molar refractivity (Wildman–Crippen MR) is 64.3 cm³/mol. The first-order valence-electron chi connectivity index (χ1n) is 5.48. The zero-order valence-corrected chi connectivity index (χ0v) is 9.90. The smallest absolute Gasteiger partial charge is 0.319 e. The van der Waals surface area contributed by atoms with E-state index in [1.54, 1.807) is 19.9 Å². The fraction of sp³-hybridized carbons (Fsp3) is 0.417. The highest BCUT2D eigenvalue weighted by molar-refractivity contribution is 5.89. The largest absolute Gasteiger partial charge is 0.393 e. The Morgan fingerprint density at radius 2 is 2.18 bits per heavy atom. The summed E-state index contributed by atoms with van der Waals surface area (Å²) < 4.78 is 12.8. The molecular weight excluding hydrogens is 223 g/mol. The second-order valence-electron chi connectivity index (χ2n) is 4.09. The van der Waals surface area contributed by atoms with Crippen molar-refractivity contribution in [1.82, 2.24) is 5.32 Å². The number of hydrogen-bond donors (Lipinski definition) is 3. The highest BCUT2D eigenvalue weighted by atomic mass is 19.1. The van der Waals surface area contributed by atoms with Crippen LogP contribution in [0.15, 0.2) is 24.3 Å². The molecule has 1 rings (SSSR count). The molecule has 2 unspecified atom stereocenters. The summed E-state index contributed by atoms with van der Waals surface area (Å²) in [6.07, 6.45) is -0.00389. The van der Waals surface area contributed by atoms with E-state index in [1.807, 2.05) is 0 Å². The third-order valence-corrected chi connectivity index (χ3v) is 2.15. The number of hydrogen-bond acceptors (Lipinski definition) is 2. The summed E-state index contributed by atoms with van der Waals surface area (Å²) in [7, 11) is 0. The van der Waals surface area contributed by atoms with Crippen molar-refractivity contribution in [3.05, 3.63) is 30.1 Å². The average Bonchev–Trinajstić information content (AvgIpc) is 2.14. The average molecular weight is 240 g/mol. The van der Waals surface area contributed by atoms with Gasteiger partial charge in [0.1, 0.15) is 5.82 Å². The molecule has 3 N–H and O–H groups in total. The van der Waals surface area contributed by atoms with Crippen molar-refractivity contribution in [2.24, 2.45) is 0 Å². The molecule has 2 atom stereocenters. The number of aliphatic hydroxyl groups is 1. The molecule has 94 valence electrons. The number of carbonyl (C=O) groups excluding carboxylic acids is 1. The first-order chi connectivity index (χ1) is 7.97. The van der Waals surface area contributed by atoms with Gasteiger partial charge in [0, 0.05) is 11.7 Å². The third-order valence-electron chi connectivity index (χ3n) is 2.15. The summed E-state index contributed by atoms with van der Waals surface area (Å²) in [5.74, 6) is -0.403. The summed E-state index contributed by atoms with van der Waals surface area (Å²) in [6, 6.07) is 5.09. The highest BCUT2D eigenvalue weighted by Crippen LogP contribution is 2.08. The molecule has 2 amide bonds. The van der Waals surface area contributed by atoms with Crippen molar-refractivity contribution < 1.29 is 14.3 Å². The van der Waals surface area contributed by atoms with Gasteiger partial charge in [-0.05, 0) is 38.5 Å². The van der Waals surface area contributed by atoms with Crippen LogP contribution in [0.4, 0.5) is 14.9 Å². The number of rotatable bonds is 4. The number of anilines is 1. The zero-order chi connectivity index (χ0) is 12.8. The van der Waals surface area contributed by atoms with Gasteiger partial charge in [0.15, 0.2) is 0 Å². The number of halogens is 1. The molecule has 0 bridgehead atoms. The van der Waals surface area contributed by atoms with Crippen LogP contribution >= 0.6 is 0 Å². The van der Waals surface area contributed by atoms with Gasteiger partial charge >= 0.3 is 6.03 Å². The van der Waals surface area contributed by atoms with E-state index in [0.29, 0.717) is 12.1 Å². The van der Waals surface area contributed by atoms with E-state index < -0.39 is 18.0 Å². The number of benzene rings is 1. The Kier molecular flexibility index (Phi) is 4.90. The topological polar surface area (TPSA) is 61.4 Å². The second kappa shape index (κ2) is 6.20. The summed E-state index contributed by atoms with van der Waals surface area (Å²) in [5.41, 5.74) is 0.395. The normalized spacial score (nSPS) is 13.9. The Labute approximate surface area is 99.8 Å². The fourth-order valence-corrected chi connectivity index (χ4v) is 1.53. The van der Waals surface area contributed by atoms with Crippen LogP contribution in [0.5, 0.6) is 0 Å². The molecule has 5 heteroatoms. The maximum Gasteiger partial charge on any atom is 0.319 e. The van der Waals surface area contributed by atoms with Crippen LogP contribution in [-0.2, 0) is 0 Å². The molecule has 0 aliphatic carbocycles. The molecular formula is C12H17FN2O2. The van der Waals surface area contributed by atoms with E-state index in [9.17, 15) is 9.18 Å². The predicted octanol–water partition coefficient (Wildman–Crippen LogP) is 2.11. The van der Waals surface area contributed by atoms with Crippen LogP contribution in [0.2, 0.25) is 0 Å². The SMILES string of the molecule is CC(O)CC(C)NC(=O)Nc1cccc(F)c1. The van der Waals surface area contributed by atoms with E-state index in [1.165, 1.54) is 18.2 Å². The lowest BCUT2D eigenvalue weighted by Gasteiger charge is -2.15. The number of nitrogens with one attached hydrogen (secondary N) is 2. The Hall–Kier alpha value is -1.62. The molecule has 0 spiro atoms. The van der Waals surface area contributed by atoms with Gasteiger partial charge in [-0.2, -0.15) is 0 Å². The van der Waals surface area contributed by atoms with Gasteiger partial charge in [0.25, 0.3) is 0 Å². The monoisotopic (exact) mass is 240 g/mol. The van der Waals surface area contributed by atoms with Gasteiger partial charge in [0.2, 0.25) is 0 Å². The van der Waals surface area contributed by atoms with Crippen LogP contribution < -0.4 is 10.6 Å². The number of carbonyl (C=O) groups is 1. The van der Waals surface area contributed by atoms with E-state index in [2.05, 4.69) is 10.6 Å². The quantitative estimate of drug-likeness (QED) is 0.754. The number of urea groups is 1. The lowest BCUT2D eigenvalue weighted by atomic mass is 10.2. The molecule has 0 aromatic heterocycles. The first kappa shape index (κ1) is 13.4. The molecule has 1 aromatic rings. The maximum absolute atomic E-state index is 12.8.